The van der Waals surface area contributed by atoms with Crippen LogP contribution < -0.4 is 15.5 Å². The largest absolute Gasteiger partial charge is 0.449 e. The van der Waals surface area contributed by atoms with E-state index in [0.717, 1.165) is 33.9 Å². The molecule has 0 unspecified atom stereocenters. The number of H-pyrrole nitrogens is 1. The van der Waals surface area contributed by atoms with Crippen molar-refractivity contribution in [3.63, 3.8) is 0 Å². The lowest BCUT2D eigenvalue weighted by atomic mass is 10.1. The van der Waals surface area contributed by atoms with Crippen molar-refractivity contribution in [2.45, 2.75) is 6.42 Å². The Labute approximate surface area is 194 Å². The minimum absolute atomic E-state index is 0.334. The summed E-state index contributed by atoms with van der Waals surface area (Å²) in [4.78, 5) is 22.3. The molecule has 10 heteroatoms. The number of carbonyl (C=O) groups is 1. The fraction of sp³-hybridized carbons (Fsp3) is 0.130. The number of hydrogen-bond donors (Lipinski definition) is 3. The summed E-state index contributed by atoms with van der Waals surface area (Å²) in [5.41, 5.74) is 5.13. The van der Waals surface area contributed by atoms with Crippen LogP contribution in [0.15, 0.2) is 60.9 Å². The first kappa shape index (κ1) is 20.8. The summed E-state index contributed by atoms with van der Waals surface area (Å²) in [7, 11) is 1.70. The Bertz CT molecular complexity index is 1310. The van der Waals surface area contributed by atoms with Crippen LogP contribution in [-0.4, -0.2) is 39.9 Å². The predicted octanol–water partition coefficient (Wildman–Crippen LogP) is 5.14. The number of nitrogens with zero attached hydrogens (tertiary/aromatic N) is 4. The van der Waals surface area contributed by atoms with Crippen molar-refractivity contribution in [1.29, 1.82) is 0 Å². The number of rotatable bonds is 5. The highest BCUT2D eigenvalue weighted by molar-refractivity contribution is 6.33. The maximum atomic E-state index is 11.9. The highest BCUT2D eigenvalue weighted by Gasteiger charge is 2.20. The number of aromatic nitrogens is 4. The van der Waals surface area contributed by atoms with Crippen molar-refractivity contribution >= 4 is 46.5 Å². The summed E-state index contributed by atoms with van der Waals surface area (Å²) in [6.07, 6.45) is 3.58. The quantitative estimate of drug-likeness (QED) is 0.377. The smallest absolute Gasteiger partial charge is 0.414 e. The molecule has 0 fully saturated rings. The van der Waals surface area contributed by atoms with Gasteiger partial charge in [-0.25, -0.2) is 9.78 Å². The Hall–Kier alpha value is -4.11. The van der Waals surface area contributed by atoms with Gasteiger partial charge in [0.1, 0.15) is 5.02 Å². The summed E-state index contributed by atoms with van der Waals surface area (Å²) in [5, 5.41) is 14.0. The number of benzene rings is 2. The molecular formula is C23H20ClN7O2. The van der Waals surface area contributed by atoms with Crippen molar-refractivity contribution in [2.75, 3.05) is 29.2 Å². The highest BCUT2D eigenvalue weighted by atomic mass is 35.5. The van der Waals surface area contributed by atoms with Gasteiger partial charge in [0.25, 0.3) is 0 Å². The fourth-order valence-corrected chi connectivity index (χ4v) is 3.77. The summed E-state index contributed by atoms with van der Waals surface area (Å²) >= 11 is 6.38. The monoisotopic (exact) mass is 461 g/mol. The molecule has 1 aliphatic heterocycles. The van der Waals surface area contributed by atoms with Crippen LogP contribution in [-0.2, 0) is 11.2 Å². The Morgan fingerprint density at radius 1 is 1.15 bits per heavy atom. The van der Waals surface area contributed by atoms with Gasteiger partial charge in [-0.2, -0.15) is 10.1 Å². The van der Waals surface area contributed by atoms with Crippen LogP contribution in [0.2, 0.25) is 5.02 Å². The third-order valence-electron chi connectivity index (χ3n) is 5.27. The molecule has 166 valence electrons. The molecule has 0 radical (unpaired) electrons. The average Bonchev–Trinajstić information content (AvgIpc) is 3.32. The SMILES string of the molecule is CN1C(=O)OCCc2cc(Nc3ncc(Cl)c(Nc4ccccc4-c4cc[nH]n4)n3)ccc21. The molecule has 4 aromatic rings. The van der Waals surface area contributed by atoms with Crippen molar-refractivity contribution in [2.24, 2.45) is 0 Å². The van der Waals surface area contributed by atoms with E-state index >= 15 is 0 Å². The zero-order chi connectivity index (χ0) is 22.8. The van der Waals surface area contributed by atoms with Crippen LogP contribution in [0.25, 0.3) is 11.3 Å². The molecule has 0 saturated carbocycles. The normalized spacial score (nSPS) is 13.2. The molecule has 0 saturated heterocycles. The van der Waals surface area contributed by atoms with Crippen LogP contribution in [0.4, 0.5) is 33.6 Å². The van der Waals surface area contributed by atoms with Crippen LogP contribution in [0.1, 0.15) is 5.56 Å². The van der Waals surface area contributed by atoms with E-state index in [-0.39, 0.29) is 6.09 Å². The first-order chi connectivity index (χ1) is 16.1. The number of nitrogens with one attached hydrogen (secondary N) is 3. The zero-order valence-electron chi connectivity index (χ0n) is 17.7. The fourth-order valence-electron chi connectivity index (χ4n) is 3.63. The number of cyclic esters (lactones) is 1. The summed E-state index contributed by atoms with van der Waals surface area (Å²) in [6.45, 7) is 0.334. The maximum absolute atomic E-state index is 11.9. The molecule has 5 rings (SSSR count). The molecule has 0 spiro atoms. The van der Waals surface area contributed by atoms with Gasteiger partial charge >= 0.3 is 6.09 Å². The van der Waals surface area contributed by atoms with Gasteiger partial charge in [-0.1, -0.05) is 29.8 Å². The van der Waals surface area contributed by atoms with E-state index < -0.39 is 0 Å². The summed E-state index contributed by atoms with van der Waals surface area (Å²) in [6, 6.07) is 15.4. The van der Waals surface area contributed by atoms with Gasteiger partial charge in [0.05, 0.1) is 24.2 Å². The Balaban J connectivity index is 1.41. The Morgan fingerprint density at radius 3 is 2.88 bits per heavy atom. The van der Waals surface area contributed by atoms with Gasteiger partial charge in [-0.3, -0.25) is 10.00 Å². The molecule has 0 atom stereocenters. The van der Waals surface area contributed by atoms with Crippen LogP contribution in [0, 0.1) is 0 Å². The van der Waals surface area contributed by atoms with Crippen molar-refractivity contribution in [3.05, 3.63) is 71.5 Å². The highest BCUT2D eigenvalue weighted by Crippen LogP contribution is 2.32. The number of ether oxygens (including phenoxy) is 1. The predicted molar refractivity (Wildman–Crippen MR) is 128 cm³/mol. The minimum atomic E-state index is -0.360. The van der Waals surface area contributed by atoms with E-state index in [1.54, 1.807) is 19.4 Å². The van der Waals surface area contributed by atoms with Gasteiger partial charge in [0.15, 0.2) is 5.82 Å². The first-order valence-corrected chi connectivity index (χ1v) is 10.7. The second-order valence-corrected chi connectivity index (χ2v) is 7.82. The van der Waals surface area contributed by atoms with Gasteiger partial charge in [0.2, 0.25) is 5.95 Å². The molecule has 3 heterocycles. The molecule has 1 aliphatic rings. The third-order valence-corrected chi connectivity index (χ3v) is 5.55. The molecule has 2 aromatic carbocycles. The maximum Gasteiger partial charge on any atom is 0.414 e. The Kier molecular flexibility index (Phi) is 5.54. The topological polar surface area (TPSA) is 108 Å². The van der Waals surface area contributed by atoms with Crippen molar-refractivity contribution in [3.8, 4) is 11.3 Å². The number of anilines is 5. The summed E-state index contributed by atoms with van der Waals surface area (Å²) in [5.74, 6) is 0.846. The molecular weight excluding hydrogens is 442 g/mol. The number of hydrogen-bond acceptors (Lipinski definition) is 7. The van der Waals surface area contributed by atoms with Crippen LogP contribution >= 0.6 is 11.6 Å². The summed E-state index contributed by atoms with van der Waals surface area (Å²) < 4.78 is 5.19. The van der Waals surface area contributed by atoms with E-state index in [0.29, 0.717) is 29.8 Å². The van der Waals surface area contributed by atoms with Gasteiger partial charge in [-0.05, 0) is 35.9 Å². The third kappa shape index (κ3) is 4.31. The van der Waals surface area contributed by atoms with Crippen LogP contribution in [0.5, 0.6) is 0 Å². The van der Waals surface area contributed by atoms with Crippen molar-refractivity contribution in [1.82, 2.24) is 20.2 Å². The molecule has 0 aliphatic carbocycles. The van der Waals surface area contributed by atoms with Gasteiger partial charge < -0.3 is 15.4 Å². The minimum Gasteiger partial charge on any atom is -0.449 e. The number of aromatic amines is 1. The molecule has 33 heavy (non-hydrogen) atoms. The average molecular weight is 462 g/mol. The molecule has 0 bridgehead atoms. The number of halogens is 1. The number of carbonyl (C=O) groups excluding carboxylic acids is 1. The van der Waals surface area contributed by atoms with E-state index in [9.17, 15) is 4.79 Å². The lowest BCUT2D eigenvalue weighted by Crippen LogP contribution is -2.25. The zero-order valence-corrected chi connectivity index (χ0v) is 18.4. The van der Waals surface area contributed by atoms with Crippen molar-refractivity contribution < 1.29 is 9.53 Å². The van der Waals surface area contributed by atoms with Crippen LogP contribution in [0.3, 0.4) is 0 Å². The van der Waals surface area contributed by atoms with E-state index in [4.69, 9.17) is 16.3 Å². The number of para-hydroxylation sites is 1. The Morgan fingerprint density at radius 2 is 2.03 bits per heavy atom. The van der Waals surface area contributed by atoms with E-state index in [1.807, 2.05) is 48.5 Å². The lowest BCUT2D eigenvalue weighted by Gasteiger charge is -2.17. The molecule has 3 N–H and O–H groups in total. The standard InChI is InChI=1S/C23H20ClN7O2/c1-31-20-7-6-15(12-14(20)9-11-33-23(31)32)27-22-25-13-17(24)21(29-22)28-18-5-3-2-4-16(18)19-8-10-26-30-19/h2-8,10,12-13H,9,11H2,1H3,(H,26,30)(H2,25,27,28,29). The second-order valence-electron chi connectivity index (χ2n) is 7.41. The molecule has 2 aromatic heterocycles. The van der Waals surface area contributed by atoms with E-state index in [2.05, 4.69) is 30.8 Å². The molecule has 1 amide bonds. The number of fused-ring (bicyclic) bond motifs is 1. The lowest BCUT2D eigenvalue weighted by molar-refractivity contribution is 0.159. The molecule has 9 nitrogen and oxygen atoms in total. The first-order valence-electron chi connectivity index (χ1n) is 10.3. The second kappa shape index (κ2) is 8.79. The van der Waals surface area contributed by atoms with Gasteiger partial charge in [0, 0.05) is 36.6 Å². The number of amides is 1. The van der Waals surface area contributed by atoms with Gasteiger partial charge in [-0.15, -0.1) is 0 Å². The van der Waals surface area contributed by atoms with E-state index in [1.165, 1.54) is 4.90 Å².